The molecule has 4 heteroatoms. The first-order valence-electron chi connectivity index (χ1n) is 5.74. The Morgan fingerprint density at radius 3 is 2.87 bits per heavy atom. The van der Waals surface area contributed by atoms with E-state index >= 15 is 0 Å². The Bertz CT molecular complexity index is 251. The van der Waals surface area contributed by atoms with Crippen molar-refractivity contribution in [3.63, 3.8) is 0 Å². The third-order valence-corrected chi connectivity index (χ3v) is 3.40. The second-order valence-corrected chi connectivity index (χ2v) is 4.40. The molecule has 1 saturated carbocycles. The lowest BCUT2D eigenvalue weighted by Crippen LogP contribution is -2.52. The van der Waals surface area contributed by atoms with E-state index in [2.05, 4.69) is 11.0 Å². The van der Waals surface area contributed by atoms with Gasteiger partial charge in [-0.15, -0.1) is 0 Å². The fraction of sp³-hybridized carbons (Fsp3) is 0.909. The van der Waals surface area contributed by atoms with E-state index in [9.17, 15) is 5.11 Å². The molecule has 2 fully saturated rings. The Balaban J connectivity index is 1.94. The van der Waals surface area contributed by atoms with Crippen molar-refractivity contribution in [2.75, 3.05) is 19.7 Å². The van der Waals surface area contributed by atoms with Gasteiger partial charge < -0.3 is 9.84 Å². The number of rotatable bonds is 1. The SMILES string of the molecule is N#CC1CN(C2CCCCC2O)CCO1. The second-order valence-electron chi connectivity index (χ2n) is 4.40. The van der Waals surface area contributed by atoms with Crippen LogP contribution in [0, 0.1) is 11.3 Å². The Kier molecular flexibility index (Phi) is 3.57. The zero-order valence-electron chi connectivity index (χ0n) is 8.93. The summed E-state index contributed by atoms with van der Waals surface area (Å²) in [4.78, 5) is 2.22. The Morgan fingerprint density at radius 1 is 1.33 bits per heavy atom. The predicted octanol–water partition coefficient (Wildman–Crippen LogP) is 0.514. The minimum atomic E-state index is -0.312. The standard InChI is InChI=1S/C11H18N2O2/c12-7-9-8-13(5-6-15-9)10-3-1-2-4-11(10)14/h9-11,14H,1-6,8H2. The first-order valence-corrected chi connectivity index (χ1v) is 5.74. The summed E-state index contributed by atoms with van der Waals surface area (Å²) in [6, 6.07) is 2.39. The van der Waals surface area contributed by atoms with Crippen LogP contribution in [0.2, 0.25) is 0 Å². The van der Waals surface area contributed by atoms with Crippen molar-refractivity contribution >= 4 is 0 Å². The van der Waals surface area contributed by atoms with Crippen molar-refractivity contribution in [1.82, 2.24) is 4.90 Å². The molecule has 84 valence electrons. The zero-order valence-corrected chi connectivity index (χ0v) is 8.93. The highest BCUT2D eigenvalue weighted by Crippen LogP contribution is 2.24. The lowest BCUT2D eigenvalue weighted by Gasteiger charge is -2.40. The Hall–Kier alpha value is -0.630. The number of nitriles is 1. The van der Waals surface area contributed by atoms with Crippen molar-refractivity contribution in [1.29, 1.82) is 5.26 Å². The lowest BCUT2D eigenvalue weighted by atomic mass is 9.91. The fourth-order valence-electron chi connectivity index (χ4n) is 2.57. The monoisotopic (exact) mass is 210 g/mol. The van der Waals surface area contributed by atoms with Gasteiger partial charge in [-0.05, 0) is 12.8 Å². The van der Waals surface area contributed by atoms with Crippen LogP contribution in [0.25, 0.3) is 0 Å². The number of aliphatic hydroxyl groups excluding tert-OH is 1. The summed E-state index contributed by atoms with van der Waals surface area (Å²) in [7, 11) is 0. The third-order valence-electron chi connectivity index (χ3n) is 3.40. The van der Waals surface area contributed by atoms with Gasteiger partial charge in [0.15, 0.2) is 6.10 Å². The molecule has 1 N–H and O–H groups in total. The van der Waals surface area contributed by atoms with Gasteiger partial charge in [0.2, 0.25) is 0 Å². The third kappa shape index (κ3) is 2.49. The van der Waals surface area contributed by atoms with E-state index in [-0.39, 0.29) is 18.2 Å². The summed E-state index contributed by atoms with van der Waals surface area (Å²) in [5.41, 5.74) is 0. The minimum Gasteiger partial charge on any atom is -0.391 e. The molecule has 0 amide bonds. The maximum absolute atomic E-state index is 9.91. The van der Waals surface area contributed by atoms with Crippen LogP contribution in [0.3, 0.4) is 0 Å². The molecule has 1 aliphatic heterocycles. The first-order chi connectivity index (χ1) is 7.31. The number of ether oxygens (including phenoxy) is 1. The molecule has 3 atom stereocenters. The molecule has 2 rings (SSSR count). The van der Waals surface area contributed by atoms with Crippen LogP contribution in [0.15, 0.2) is 0 Å². The van der Waals surface area contributed by atoms with Crippen molar-refractivity contribution in [2.45, 2.75) is 43.9 Å². The van der Waals surface area contributed by atoms with E-state index in [1.54, 1.807) is 0 Å². The van der Waals surface area contributed by atoms with Crippen LogP contribution in [0.5, 0.6) is 0 Å². The van der Waals surface area contributed by atoms with Crippen LogP contribution >= 0.6 is 0 Å². The van der Waals surface area contributed by atoms with Crippen LogP contribution in [-0.4, -0.2) is 48.0 Å². The Morgan fingerprint density at radius 2 is 2.13 bits per heavy atom. The molecule has 0 radical (unpaired) electrons. The van der Waals surface area contributed by atoms with E-state index in [1.165, 1.54) is 6.42 Å². The molecule has 0 bridgehead atoms. The maximum Gasteiger partial charge on any atom is 0.156 e. The number of hydrogen-bond donors (Lipinski definition) is 1. The van der Waals surface area contributed by atoms with Gasteiger partial charge in [0, 0.05) is 19.1 Å². The van der Waals surface area contributed by atoms with E-state index in [0.717, 1.165) is 25.8 Å². The predicted molar refractivity (Wildman–Crippen MR) is 55.2 cm³/mol. The van der Waals surface area contributed by atoms with Gasteiger partial charge in [-0.25, -0.2) is 0 Å². The molecule has 4 nitrogen and oxygen atoms in total. The van der Waals surface area contributed by atoms with Gasteiger partial charge in [0.05, 0.1) is 18.8 Å². The van der Waals surface area contributed by atoms with Gasteiger partial charge in [0.25, 0.3) is 0 Å². The van der Waals surface area contributed by atoms with Crippen molar-refractivity contribution in [2.24, 2.45) is 0 Å². The average Bonchev–Trinajstić information content (AvgIpc) is 2.30. The van der Waals surface area contributed by atoms with Crippen molar-refractivity contribution in [3.8, 4) is 6.07 Å². The Labute approximate surface area is 90.4 Å². The highest BCUT2D eigenvalue weighted by molar-refractivity contribution is 4.93. The molecule has 3 unspecified atom stereocenters. The van der Waals surface area contributed by atoms with Gasteiger partial charge in [-0.1, -0.05) is 12.8 Å². The number of nitrogens with zero attached hydrogens (tertiary/aromatic N) is 2. The molecule has 15 heavy (non-hydrogen) atoms. The topological polar surface area (TPSA) is 56.5 Å². The van der Waals surface area contributed by atoms with E-state index in [1.807, 2.05) is 0 Å². The van der Waals surface area contributed by atoms with Gasteiger partial charge in [-0.3, -0.25) is 4.90 Å². The second kappa shape index (κ2) is 4.93. The van der Waals surface area contributed by atoms with E-state index in [0.29, 0.717) is 13.2 Å². The maximum atomic E-state index is 9.91. The molecular weight excluding hydrogens is 192 g/mol. The highest BCUT2D eigenvalue weighted by atomic mass is 16.5. The molecule has 0 aromatic rings. The molecule has 0 aromatic heterocycles. The summed E-state index contributed by atoms with van der Waals surface area (Å²) in [6.07, 6.45) is 3.75. The summed E-state index contributed by atoms with van der Waals surface area (Å²) < 4.78 is 5.30. The first kappa shape index (κ1) is 10.9. The van der Waals surface area contributed by atoms with Crippen molar-refractivity contribution < 1.29 is 9.84 Å². The zero-order chi connectivity index (χ0) is 10.7. The number of hydrogen-bond acceptors (Lipinski definition) is 4. The summed E-state index contributed by atoms with van der Waals surface area (Å²) in [6.45, 7) is 2.11. The quantitative estimate of drug-likeness (QED) is 0.685. The summed E-state index contributed by atoms with van der Waals surface area (Å²) in [5, 5.41) is 18.7. The average molecular weight is 210 g/mol. The molecule has 2 aliphatic rings. The molecule has 1 heterocycles. The smallest absolute Gasteiger partial charge is 0.156 e. The van der Waals surface area contributed by atoms with Gasteiger partial charge >= 0.3 is 0 Å². The summed E-state index contributed by atoms with van der Waals surface area (Å²) in [5.74, 6) is 0. The van der Waals surface area contributed by atoms with Crippen molar-refractivity contribution in [3.05, 3.63) is 0 Å². The molecule has 1 saturated heterocycles. The van der Waals surface area contributed by atoms with E-state index < -0.39 is 0 Å². The summed E-state index contributed by atoms with van der Waals surface area (Å²) >= 11 is 0. The molecule has 1 aliphatic carbocycles. The van der Waals surface area contributed by atoms with Crippen LogP contribution in [0.1, 0.15) is 25.7 Å². The molecular formula is C11H18N2O2. The van der Waals surface area contributed by atoms with E-state index in [4.69, 9.17) is 10.00 Å². The molecule has 0 aromatic carbocycles. The van der Waals surface area contributed by atoms with Crippen LogP contribution in [0.4, 0.5) is 0 Å². The normalized spacial score (nSPS) is 38.5. The van der Waals surface area contributed by atoms with Gasteiger partial charge in [-0.2, -0.15) is 5.26 Å². The lowest BCUT2D eigenvalue weighted by molar-refractivity contribution is -0.0556. The fourth-order valence-corrected chi connectivity index (χ4v) is 2.57. The van der Waals surface area contributed by atoms with Crippen LogP contribution < -0.4 is 0 Å². The van der Waals surface area contributed by atoms with Crippen LogP contribution in [-0.2, 0) is 4.74 Å². The number of morpholine rings is 1. The van der Waals surface area contributed by atoms with Gasteiger partial charge in [0.1, 0.15) is 0 Å². The number of aliphatic hydroxyl groups is 1. The largest absolute Gasteiger partial charge is 0.391 e. The molecule has 0 spiro atoms. The minimum absolute atomic E-state index is 0.212. The highest BCUT2D eigenvalue weighted by Gasteiger charge is 2.32.